The summed E-state index contributed by atoms with van der Waals surface area (Å²) in [5.41, 5.74) is 10.5. The zero-order chi connectivity index (χ0) is 12.4. The predicted octanol–water partition coefficient (Wildman–Crippen LogP) is 3.03. The Bertz CT molecular complexity index is 737. The Kier molecular flexibility index (Phi) is 2.44. The summed E-state index contributed by atoms with van der Waals surface area (Å²) in [4.78, 5) is 14.2. The third-order valence-corrected chi connectivity index (χ3v) is 2.53. The number of aromatic amines is 1. The van der Waals surface area contributed by atoms with Crippen molar-refractivity contribution in [2.24, 2.45) is 5.11 Å². The van der Waals surface area contributed by atoms with E-state index in [4.69, 9.17) is 9.95 Å². The molecule has 0 amide bonds. The van der Waals surface area contributed by atoms with Crippen molar-refractivity contribution in [1.82, 2.24) is 15.0 Å². The molecule has 3 rings (SSSR count). The van der Waals surface area contributed by atoms with Gasteiger partial charge in [0, 0.05) is 22.7 Å². The van der Waals surface area contributed by atoms with Crippen LogP contribution in [0.25, 0.3) is 32.9 Å². The molecule has 0 unspecified atom stereocenters. The van der Waals surface area contributed by atoms with Gasteiger partial charge in [-0.2, -0.15) is 0 Å². The molecule has 3 heterocycles. The van der Waals surface area contributed by atoms with Crippen molar-refractivity contribution in [2.45, 2.75) is 6.54 Å². The van der Waals surface area contributed by atoms with Crippen molar-refractivity contribution >= 4 is 11.0 Å². The van der Waals surface area contributed by atoms with E-state index < -0.39 is 0 Å². The maximum atomic E-state index is 8.25. The molecule has 3 aromatic heterocycles. The Hall–Kier alpha value is -2.79. The first kappa shape index (κ1) is 10.4. The molecule has 7 heteroatoms. The third-order valence-electron chi connectivity index (χ3n) is 2.53. The van der Waals surface area contributed by atoms with Gasteiger partial charge < -0.3 is 9.40 Å². The van der Waals surface area contributed by atoms with Gasteiger partial charge in [0.2, 0.25) is 5.89 Å². The number of fused-ring (bicyclic) bond motifs is 1. The van der Waals surface area contributed by atoms with Gasteiger partial charge in [-0.15, -0.1) is 0 Å². The van der Waals surface area contributed by atoms with Gasteiger partial charge in [0.05, 0.1) is 17.8 Å². The Morgan fingerprint density at radius 2 is 2.44 bits per heavy atom. The molecular formula is C11H8N6O. The normalized spacial score (nSPS) is 10.4. The molecular weight excluding hydrogens is 232 g/mol. The number of nitrogens with zero attached hydrogens (tertiary/aromatic N) is 5. The summed E-state index contributed by atoms with van der Waals surface area (Å²) in [5.74, 6) is 0.484. The molecule has 3 aromatic rings. The van der Waals surface area contributed by atoms with Gasteiger partial charge in [-0.1, -0.05) is 5.11 Å². The summed E-state index contributed by atoms with van der Waals surface area (Å²) in [6.07, 6.45) is 4.99. The number of azide groups is 1. The summed E-state index contributed by atoms with van der Waals surface area (Å²) in [6.45, 7) is 0.181. The number of hydrogen-bond donors (Lipinski definition) is 1. The van der Waals surface area contributed by atoms with Gasteiger partial charge in [0.25, 0.3) is 0 Å². The van der Waals surface area contributed by atoms with Crippen LogP contribution in [0.1, 0.15) is 5.69 Å². The minimum Gasteiger partial charge on any atom is -0.444 e. The minimum atomic E-state index is 0.181. The second-order valence-corrected chi connectivity index (χ2v) is 3.63. The lowest BCUT2D eigenvalue weighted by Crippen LogP contribution is -1.80. The summed E-state index contributed by atoms with van der Waals surface area (Å²) < 4.78 is 5.37. The fourth-order valence-corrected chi connectivity index (χ4v) is 1.74. The summed E-state index contributed by atoms with van der Waals surface area (Å²) in [7, 11) is 0. The summed E-state index contributed by atoms with van der Waals surface area (Å²) >= 11 is 0. The van der Waals surface area contributed by atoms with Crippen molar-refractivity contribution in [3.05, 3.63) is 46.9 Å². The van der Waals surface area contributed by atoms with Crippen LogP contribution in [-0.2, 0) is 6.54 Å². The number of nitrogens with one attached hydrogen (secondary N) is 1. The molecule has 18 heavy (non-hydrogen) atoms. The molecule has 88 valence electrons. The van der Waals surface area contributed by atoms with E-state index in [9.17, 15) is 0 Å². The molecule has 0 aliphatic heterocycles. The first-order chi connectivity index (χ1) is 8.88. The maximum absolute atomic E-state index is 8.25. The smallest absolute Gasteiger partial charge is 0.228 e. The van der Waals surface area contributed by atoms with E-state index in [2.05, 4.69) is 25.0 Å². The topological polar surface area (TPSA) is 103 Å². The monoisotopic (exact) mass is 240 g/mol. The van der Waals surface area contributed by atoms with Crippen LogP contribution in [0.2, 0.25) is 0 Å². The van der Waals surface area contributed by atoms with E-state index in [1.807, 2.05) is 12.1 Å². The van der Waals surface area contributed by atoms with Crippen molar-refractivity contribution in [1.29, 1.82) is 0 Å². The highest BCUT2D eigenvalue weighted by Crippen LogP contribution is 2.26. The molecule has 1 N–H and O–H groups in total. The van der Waals surface area contributed by atoms with E-state index in [0.29, 0.717) is 11.6 Å². The number of aromatic nitrogens is 3. The first-order valence-corrected chi connectivity index (χ1v) is 5.26. The van der Waals surface area contributed by atoms with E-state index in [0.717, 1.165) is 16.6 Å². The quantitative estimate of drug-likeness (QED) is 0.432. The van der Waals surface area contributed by atoms with E-state index in [-0.39, 0.29) is 6.54 Å². The Balaban J connectivity index is 2.04. The predicted molar refractivity (Wildman–Crippen MR) is 64.4 cm³/mol. The third kappa shape index (κ3) is 1.68. The zero-order valence-electron chi connectivity index (χ0n) is 9.24. The zero-order valence-corrected chi connectivity index (χ0v) is 9.24. The molecule has 0 atom stereocenters. The second-order valence-electron chi connectivity index (χ2n) is 3.63. The number of pyridine rings is 1. The molecule has 0 bridgehead atoms. The average molecular weight is 240 g/mol. The molecule has 0 saturated carbocycles. The highest BCUT2D eigenvalue weighted by molar-refractivity contribution is 5.90. The standard InChI is InChI=1S/C11H8N6O/c12-17-15-4-7-6-18-11(16-7)9-5-14-10-8(9)2-1-3-13-10/h1-3,5-6H,4H2,(H,13,14). The lowest BCUT2D eigenvalue weighted by molar-refractivity contribution is 0.573. The molecule has 0 fully saturated rings. The van der Waals surface area contributed by atoms with Crippen LogP contribution in [0, 0.1) is 0 Å². The van der Waals surface area contributed by atoms with Gasteiger partial charge in [0.1, 0.15) is 11.9 Å². The van der Waals surface area contributed by atoms with Gasteiger partial charge in [-0.05, 0) is 17.7 Å². The van der Waals surface area contributed by atoms with Crippen molar-refractivity contribution < 1.29 is 4.42 Å². The highest BCUT2D eigenvalue weighted by atomic mass is 16.3. The molecule has 0 saturated heterocycles. The molecule has 0 aromatic carbocycles. The number of hydrogen-bond acceptors (Lipinski definition) is 4. The van der Waals surface area contributed by atoms with Crippen LogP contribution in [0.3, 0.4) is 0 Å². The minimum absolute atomic E-state index is 0.181. The molecule has 0 radical (unpaired) electrons. The van der Waals surface area contributed by atoms with Crippen LogP contribution in [0.15, 0.2) is 40.3 Å². The van der Waals surface area contributed by atoms with Crippen LogP contribution in [0.5, 0.6) is 0 Å². The Morgan fingerprint density at radius 1 is 1.50 bits per heavy atom. The maximum Gasteiger partial charge on any atom is 0.228 e. The van der Waals surface area contributed by atoms with Crippen molar-refractivity contribution in [3.8, 4) is 11.5 Å². The highest BCUT2D eigenvalue weighted by Gasteiger charge is 2.11. The lowest BCUT2D eigenvalue weighted by Gasteiger charge is -1.91. The van der Waals surface area contributed by atoms with Gasteiger partial charge in [-0.3, -0.25) is 0 Å². The average Bonchev–Trinajstić information content (AvgIpc) is 3.02. The van der Waals surface area contributed by atoms with Crippen LogP contribution >= 0.6 is 0 Å². The molecule has 0 aliphatic carbocycles. The van der Waals surface area contributed by atoms with Crippen LogP contribution in [0.4, 0.5) is 0 Å². The van der Waals surface area contributed by atoms with Crippen LogP contribution < -0.4 is 0 Å². The first-order valence-electron chi connectivity index (χ1n) is 5.26. The van der Waals surface area contributed by atoms with Gasteiger partial charge in [0.15, 0.2) is 0 Å². The second kappa shape index (κ2) is 4.23. The number of H-pyrrole nitrogens is 1. The molecule has 0 aliphatic rings. The van der Waals surface area contributed by atoms with Crippen molar-refractivity contribution in [3.63, 3.8) is 0 Å². The fourth-order valence-electron chi connectivity index (χ4n) is 1.74. The number of oxazole rings is 1. The lowest BCUT2D eigenvalue weighted by atomic mass is 10.2. The Morgan fingerprint density at radius 3 is 3.33 bits per heavy atom. The Labute approximate surface area is 101 Å². The summed E-state index contributed by atoms with van der Waals surface area (Å²) in [6, 6.07) is 3.79. The van der Waals surface area contributed by atoms with E-state index >= 15 is 0 Å². The number of rotatable bonds is 3. The largest absolute Gasteiger partial charge is 0.444 e. The van der Waals surface area contributed by atoms with Crippen molar-refractivity contribution in [2.75, 3.05) is 0 Å². The van der Waals surface area contributed by atoms with E-state index in [1.54, 1.807) is 12.4 Å². The fraction of sp³-hybridized carbons (Fsp3) is 0.0909. The van der Waals surface area contributed by atoms with Gasteiger partial charge >= 0.3 is 0 Å². The summed E-state index contributed by atoms with van der Waals surface area (Å²) in [5, 5.41) is 4.38. The van der Waals surface area contributed by atoms with Gasteiger partial charge in [-0.25, -0.2) is 9.97 Å². The van der Waals surface area contributed by atoms with E-state index in [1.165, 1.54) is 6.26 Å². The molecule has 0 spiro atoms. The molecule has 7 nitrogen and oxygen atoms in total. The SMILES string of the molecule is [N-]=[N+]=NCc1coc(-c2c[nH]c3ncccc23)n1. The van der Waals surface area contributed by atoms with Crippen LogP contribution in [-0.4, -0.2) is 15.0 Å².